The van der Waals surface area contributed by atoms with Gasteiger partial charge in [0.05, 0.1) is 13.1 Å². The highest BCUT2D eigenvalue weighted by atomic mass is 32.2. The van der Waals surface area contributed by atoms with Gasteiger partial charge in [0.1, 0.15) is 35.4 Å². The molecule has 1 saturated heterocycles. The Labute approximate surface area is 294 Å². The summed E-state index contributed by atoms with van der Waals surface area (Å²) in [7, 11) is 3.42. The van der Waals surface area contributed by atoms with Crippen molar-refractivity contribution in [3.05, 3.63) is 76.4 Å². The number of aryl methyl sites for hydroxylation is 1. The molecule has 0 unspecified atom stereocenters. The summed E-state index contributed by atoms with van der Waals surface area (Å²) >= 11 is 1.28. The maximum atomic E-state index is 12.7. The Morgan fingerprint density at radius 1 is 1.06 bits per heavy atom. The van der Waals surface area contributed by atoms with E-state index in [-0.39, 0.29) is 37.2 Å². The van der Waals surface area contributed by atoms with E-state index in [2.05, 4.69) is 16.6 Å². The summed E-state index contributed by atoms with van der Waals surface area (Å²) in [6, 6.07) is 13.8. The second-order valence-corrected chi connectivity index (χ2v) is 13.9. The smallest absolute Gasteiger partial charge is 0.245 e. The van der Waals surface area contributed by atoms with Crippen LogP contribution in [-0.2, 0) is 25.5 Å². The van der Waals surface area contributed by atoms with E-state index in [1.54, 1.807) is 45.2 Å². The standard InChI is InChI=1S/C37H50N4O7S/c1-8-19-41(6)30(43)23-40(5)20-18-38-36(47)37(3,4)39-29(42)11-9-10-25-13-15-26(16-14-25)21-28-22-27(17-12-24(28)2)34-32(45)31(44)33(46)35(48-34)49-7/h1,9-10,12-17,22,31-35,44-46H,11,18-21,23H2,2-7H3,(H,38,47)(H,39,42)/b10-9+/t31-,32-,33+,34+,35-/m1/s1. The molecule has 5 N–H and O–H groups in total. The third kappa shape index (κ3) is 11.4. The molecule has 0 spiro atoms. The van der Waals surface area contributed by atoms with E-state index in [0.29, 0.717) is 19.5 Å². The summed E-state index contributed by atoms with van der Waals surface area (Å²) < 4.78 is 5.95. The lowest BCUT2D eigenvalue weighted by atomic mass is 9.91. The normalized spacial score (nSPS) is 21.0. The number of amides is 3. The number of aliphatic hydroxyl groups excluding tert-OH is 3. The molecule has 49 heavy (non-hydrogen) atoms. The summed E-state index contributed by atoms with van der Waals surface area (Å²) in [5.41, 5.74) is 3.08. The molecule has 0 bridgehead atoms. The Bertz CT molecular complexity index is 1510. The number of ether oxygens (including phenoxy) is 1. The molecule has 1 aliphatic heterocycles. The molecule has 1 aliphatic rings. The summed E-state index contributed by atoms with van der Waals surface area (Å²) in [6.45, 7) is 6.47. The molecule has 3 amide bonds. The van der Waals surface area contributed by atoms with Crippen LogP contribution < -0.4 is 10.6 Å². The zero-order valence-corrected chi connectivity index (χ0v) is 30.0. The molecule has 0 radical (unpaired) electrons. The van der Waals surface area contributed by atoms with Crippen LogP contribution in [0, 0.1) is 19.3 Å². The van der Waals surface area contributed by atoms with Crippen molar-refractivity contribution in [1.29, 1.82) is 0 Å². The fraction of sp³-hybridized carbons (Fsp3) is 0.486. The quantitative estimate of drug-likeness (QED) is 0.176. The van der Waals surface area contributed by atoms with Crippen molar-refractivity contribution in [2.24, 2.45) is 0 Å². The molecule has 3 rings (SSSR count). The van der Waals surface area contributed by atoms with E-state index >= 15 is 0 Å². The first-order valence-corrected chi connectivity index (χ1v) is 17.5. The van der Waals surface area contributed by atoms with Crippen LogP contribution in [0.4, 0.5) is 0 Å². The molecule has 11 nitrogen and oxygen atoms in total. The number of carbonyl (C=O) groups is 3. The number of likely N-dealkylation sites (N-methyl/N-ethyl adjacent to an activating group) is 2. The second kappa shape index (κ2) is 18.3. The lowest BCUT2D eigenvalue weighted by Gasteiger charge is -2.40. The first-order chi connectivity index (χ1) is 23.2. The van der Waals surface area contributed by atoms with E-state index in [1.807, 2.05) is 55.5 Å². The van der Waals surface area contributed by atoms with Gasteiger partial charge in [-0.15, -0.1) is 18.2 Å². The van der Waals surface area contributed by atoms with Crippen LogP contribution in [0.5, 0.6) is 0 Å². The van der Waals surface area contributed by atoms with Gasteiger partial charge in [-0.1, -0.05) is 60.5 Å². The highest BCUT2D eigenvalue weighted by Crippen LogP contribution is 2.36. The molecule has 0 aromatic heterocycles. The minimum absolute atomic E-state index is 0.0959. The van der Waals surface area contributed by atoms with Crippen LogP contribution in [0.3, 0.4) is 0 Å². The largest absolute Gasteiger partial charge is 0.387 e. The fourth-order valence-electron chi connectivity index (χ4n) is 5.34. The highest BCUT2D eigenvalue weighted by Gasteiger charge is 2.44. The average molecular weight is 695 g/mol. The number of terminal acetylenes is 1. The number of rotatable bonds is 15. The number of carbonyl (C=O) groups excluding carboxylic acids is 3. The number of benzene rings is 2. The summed E-state index contributed by atoms with van der Waals surface area (Å²) in [5, 5.41) is 36.8. The third-order valence-electron chi connectivity index (χ3n) is 8.45. The van der Waals surface area contributed by atoms with Gasteiger partial charge in [-0.05, 0) is 68.3 Å². The van der Waals surface area contributed by atoms with Gasteiger partial charge in [-0.3, -0.25) is 19.3 Å². The van der Waals surface area contributed by atoms with Crippen molar-refractivity contribution in [3.63, 3.8) is 0 Å². The van der Waals surface area contributed by atoms with Crippen molar-refractivity contribution >= 4 is 35.6 Å². The number of aliphatic hydroxyl groups is 3. The molecule has 266 valence electrons. The van der Waals surface area contributed by atoms with Gasteiger partial charge in [-0.2, -0.15) is 0 Å². The number of hydrogen-bond donors (Lipinski definition) is 5. The summed E-state index contributed by atoms with van der Waals surface area (Å²) in [6.07, 6.45) is 6.88. The van der Waals surface area contributed by atoms with Gasteiger partial charge in [0.25, 0.3) is 0 Å². The number of nitrogens with zero attached hydrogens (tertiary/aromatic N) is 2. The van der Waals surface area contributed by atoms with Crippen molar-refractivity contribution < 1.29 is 34.4 Å². The molecule has 1 fully saturated rings. The van der Waals surface area contributed by atoms with Gasteiger partial charge in [-0.25, -0.2) is 0 Å². The molecule has 2 aromatic carbocycles. The van der Waals surface area contributed by atoms with Crippen molar-refractivity contribution in [1.82, 2.24) is 20.4 Å². The van der Waals surface area contributed by atoms with Crippen LogP contribution in [0.1, 0.15) is 54.2 Å². The maximum absolute atomic E-state index is 12.7. The molecule has 5 atom stereocenters. The van der Waals surface area contributed by atoms with E-state index in [0.717, 1.165) is 27.8 Å². The average Bonchev–Trinajstić information content (AvgIpc) is 3.05. The van der Waals surface area contributed by atoms with Gasteiger partial charge in [0.2, 0.25) is 17.7 Å². The monoisotopic (exact) mass is 694 g/mol. The Hall–Kier alpha value is -3.70. The zero-order valence-electron chi connectivity index (χ0n) is 29.2. The molecule has 12 heteroatoms. The zero-order chi connectivity index (χ0) is 36.3. The summed E-state index contributed by atoms with van der Waals surface area (Å²) in [4.78, 5) is 40.7. The Balaban J connectivity index is 1.49. The summed E-state index contributed by atoms with van der Waals surface area (Å²) in [5.74, 6) is 1.70. The number of hydrogen-bond acceptors (Lipinski definition) is 9. The van der Waals surface area contributed by atoms with Gasteiger partial charge < -0.3 is 35.6 Å². The third-order valence-corrected chi connectivity index (χ3v) is 9.30. The Morgan fingerprint density at radius 2 is 1.76 bits per heavy atom. The van der Waals surface area contributed by atoms with Gasteiger partial charge in [0, 0.05) is 26.6 Å². The SMILES string of the molecule is C#CCN(C)C(=O)CN(C)CCNC(=O)C(C)(C)NC(=O)C/C=C/c1ccc(Cc2cc([C@@H]3O[C@H](SC)[C@@H](O)[C@H](O)[C@H]3O)ccc2C)cc1. The van der Waals surface area contributed by atoms with Crippen molar-refractivity contribution in [3.8, 4) is 12.3 Å². The first-order valence-electron chi connectivity index (χ1n) is 16.2. The highest BCUT2D eigenvalue weighted by molar-refractivity contribution is 7.99. The van der Waals surface area contributed by atoms with E-state index in [9.17, 15) is 29.7 Å². The maximum Gasteiger partial charge on any atom is 0.245 e. The Kier molecular flexibility index (Phi) is 14.9. The van der Waals surface area contributed by atoms with Crippen molar-refractivity contribution in [2.45, 2.75) is 69.0 Å². The minimum atomic E-state index is -1.31. The van der Waals surface area contributed by atoms with Gasteiger partial charge >= 0.3 is 0 Å². The molecule has 1 heterocycles. The molecule has 0 saturated carbocycles. The number of thioether (sulfide) groups is 1. The lowest BCUT2D eigenvalue weighted by Crippen LogP contribution is -2.55. The molecular weight excluding hydrogens is 644 g/mol. The van der Waals surface area contributed by atoms with Crippen molar-refractivity contribution in [2.75, 3.05) is 46.5 Å². The number of nitrogens with one attached hydrogen (secondary N) is 2. The van der Waals surface area contributed by atoms with Crippen LogP contribution in [0.15, 0.2) is 48.5 Å². The fourth-order valence-corrected chi connectivity index (χ4v) is 6.01. The Morgan fingerprint density at radius 3 is 2.41 bits per heavy atom. The minimum Gasteiger partial charge on any atom is -0.387 e. The van der Waals surface area contributed by atoms with Gasteiger partial charge in [0.15, 0.2) is 0 Å². The van der Waals surface area contributed by atoms with E-state index in [4.69, 9.17) is 11.2 Å². The van der Waals surface area contributed by atoms with Crippen LogP contribution in [-0.4, -0.2) is 119 Å². The predicted octanol–water partition coefficient (Wildman–Crippen LogP) is 1.87. The molecule has 0 aliphatic carbocycles. The molecular formula is C37H50N4O7S. The predicted molar refractivity (Wildman–Crippen MR) is 192 cm³/mol. The first kappa shape index (κ1) is 39.7. The van der Waals surface area contributed by atoms with E-state index < -0.39 is 35.4 Å². The van der Waals surface area contributed by atoms with E-state index in [1.165, 1.54) is 16.7 Å². The second-order valence-electron chi connectivity index (χ2n) is 13.0. The lowest BCUT2D eigenvalue weighted by molar-refractivity contribution is -0.200. The van der Waals surface area contributed by atoms with Crippen LogP contribution >= 0.6 is 11.8 Å². The van der Waals surface area contributed by atoms with Crippen LogP contribution in [0.25, 0.3) is 6.08 Å². The topological polar surface area (TPSA) is 152 Å². The van der Waals surface area contributed by atoms with Crippen LogP contribution in [0.2, 0.25) is 0 Å². The molecule has 2 aromatic rings.